The smallest absolute Gasteiger partial charge is 0.234 e. The van der Waals surface area contributed by atoms with E-state index in [0.717, 1.165) is 0 Å². The maximum Gasteiger partial charge on any atom is 0.234 e. The van der Waals surface area contributed by atoms with Gasteiger partial charge in [-0.1, -0.05) is 34.8 Å². The molecule has 1 aromatic rings. The summed E-state index contributed by atoms with van der Waals surface area (Å²) in [6, 6.07) is 1.31. The van der Waals surface area contributed by atoms with Gasteiger partial charge in [0.05, 0.1) is 11.0 Å². The van der Waals surface area contributed by atoms with Gasteiger partial charge >= 0.3 is 0 Å². The van der Waals surface area contributed by atoms with Crippen LogP contribution in [0.3, 0.4) is 0 Å². The summed E-state index contributed by atoms with van der Waals surface area (Å²) in [7, 11) is 0. The molecule has 0 unspecified atom stereocenters. The molecule has 0 saturated carbocycles. The molecular formula is C7H3Cl3NO3-. The van der Waals surface area contributed by atoms with Crippen molar-refractivity contribution in [2.24, 2.45) is 0 Å². The number of carbonyl (C=O) groups is 1. The highest BCUT2D eigenvalue weighted by Gasteiger charge is 2.08. The van der Waals surface area contributed by atoms with E-state index in [1.165, 1.54) is 6.07 Å². The maximum atomic E-state index is 10.1. The van der Waals surface area contributed by atoms with Crippen molar-refractivity contribution in [1.82, 2.24) is 4.98 Å². The third-order valence-corrected chi connectivity index (χ3v) is 2.13. The van der Waals surface area contributed by atoms with Gasteiger partial charge in [-0.25, -0.2) is 0 Å². The van der Waals surface area contributed by atoms with Gasteiger partial charge in [0.15, 0.2) is 5.15 Å². The van der Waals surface area contributed by atoms with Crippen molar-refractivity contribution >= 4 is 40.8 Å². The van der Waals surface area contributed by atoms with E-state index < -0.39 is 12.6 Å². The molecule has 0 bridgehead atoms. The summed E-state index contributed by atoms with van der Waals surface area (Å²) in [4.78, 5) is 13.7. The van der Waals surface area contributed by atoms with Gasteiger partial charge < -0.3 is 14.6 Å². The summed E-state index contributed by atoms with van der Waals surface area (Å²) in [5.74, 6) is -1.47. The summed E-state index contributed by atoms with van der Waals surface area (Å²) in [6.07, 6.45) is 0. The van der Waals surface area contributed by atoms with Crippen molar-refractivity contribution in [3.8, 4) is 5.88 Å². The van der Waals surface area contributed by atoms with E-state index in [1.54, 1.807) is 0 Å². The minimum absolute atomic E-state index is 0.00980. The number of hydrogen-bond acceptors (Lipinski definition) is 4. The molecule has 0 aliphatic heterocycles. The fourth-order valence-corrected chi connectivity index (χ4v) is 1.20. The Kier molecular flexibility index (Phi) is 3.80. The molecule has 1 heterocycles. The second-order valence-corrected chi connectivity index (χ2v) is 3.38. The number of carbonyl (C=O) groups excluding carboxylic acids is 1. The number of rotatable bonds is 3. The van der Waals surface area contributed by atoms with Crippen LogP contribution in [-0.4, -0.2) is 17.6 Å². The highest BCUT2D eigenvalue weighted by Crippen LogP contribution is 2.30. The number of hydrogen-bond donors (Lipinski definition) is 0. The summed E-state index contributed by atoms with van der Waals surface area (Å²) in [5.41, 5.74) is 0. The number of carboxylic acid groups (broad SMARTS) is 1. The van der Waals surface area contributed by atoms with Gasteiger partial charge in [-0.2, -0.15) is 4.98 Å². The Hall–Kier alpha value is -0.710. The van der Waals surface area contributed by atoms with Crippen LogP contribution in [0.15, 0.2) is 6.07 Å². The topological polar surface area (TPSA) is 62.2 Å². The SMILES string of the molecule is O=C([O-])COc1nc(Cl)c(Cl)cc1Cl. The maximum absolute atomic E-state index is 10.1. The molecular weight excluding hydrogens is 252 g/mol. The highest BCUT2D eigenvalue weighted by atomic mass is 35.5. The fraction of sp³-hybridized carbons (Fsp3) is 0.143. The standard InChI is InChI=1S/C7H4Cl3NO3/c8-3-1-4(9)7(11-6(3)10)14-2-5(12)13/h1H,2H2,(H,12,13)/p-1. The van der Waals surface area contributed by atoms with Crippen molar-refractivity contribution < 1.29 is 14.6 Å². The van der Waals surface area contributed by atoms with Crippen molar-refractivity contribution in [2.75, 3.05) is 6.61 Å². The van der Waals surface area contributed by atoms with Crippen LogP contribution in [0.5, 0.6) is 5.88 Å². The predicted octanol–water partition coefficient (Wildman–Crippen LogP) is 1.17. The number of carboxylic acids is 1. The van der Waals surface area contributed by atoms with Crippen LogP contribution in [0.4, 0.5) is 0 Å². The summed E-state index contributed by atoms with van der Waals surface area (Å²) in [6.45, 7) is -0.648. The Morgan fingerprint density at radius 2 is 2.07 bits per heavy atom. The van der Waals surface area contributed by atoms with Crippen LogP contribution in [0, 0.1) is 0 Å². The number of aromatic nitrogens is 1. The molecule has 0 aromatic carbocycles. The van der Waals surface area contributed by atoms with Gasteiger partial charge in [0, 0.05) is 0 Å². The summed E-state index contributed by atoms with van der Waals surface area (Å²) in [5, 5.41) is 10.3. The number of ether oxygens (including phenoxy) is 1. The van der Waals surface area contributed by atoms with Crippen LogP contribution >= 0.6 is 34.8 Å². The second-order valence-electron chi connectivity index (χ2n) is 2.21. The zero-order valence-corrected chi connectivity index (χ0v) is 8.86. The highest BCUT2D eigenvalue weighted by molar-refractivity contribution is 6.42. The lowest BCUT2D eigenvalue weighted by Gasteiger charge is -2.07. The van der Waals surface area contributed by atoms with E-state index >= 15 is 0 Å². The van der Waals surface area contributed by atoms with E-state index in [0.29, 0.717) is 0 Å². The molecule has 0 amide bonds. The van der Waals surface area contributed by atoms with E-state index in [2.05, 4.69) is 9.72 Å². The molecule has 14 heavy (non-hydrogen) atoms. The molecule has 1 rings (SSSR count). The minimum atomic E-state index is -1.38. The van der Waals surface area contributed by atoms with Crippen molar-refractivity contribution in [3.63, 3.8) is 0 Å². The normalized spacial score (nSPS) is 9.93. The molecule has 0 fully saturated rings. The number of pyridine rings is 1. The lowest BCUT2D eigenvalue weighted by Crippen LogP contribution is -2.29. The zero-order chi connectivity index (χ0) is 10.7. The number of halogens is 3. The lowest BCUT2D eigenvalue weighted by atomic mass is 10.5. The Morgan fingerprint density at radius 1 is 1.43 bits per heavy atom. The Morgan fingerprint density at radius 3 is 2.64 bits per heavy atom. The van der Waals surface area contributed by atoms with E-state index in [9.17, 15) is 9.90 Å². The van der Waals surface area contributed by atoms with E-state index in [4.69, 9.17) is 34.8 Å². The Labute approximate surface area is 94.4 Å². The van der Waals surface area contributed by atoms with Crippen molar-refractivity contribution in [3.05, 3.63) is 21.3 Å². The van der Waals surface area contributed by atoms with Gasteiger partial charge in [0.2, 0.25) is 5.88 Å². The molecule has 0 saturated heterocycles. The quantitative estimate of drug-likeness (QED) is 0.761. The first kappa shape index (κ1) is 11.4. The monoisotopic (exact) mass is 254 g/mol. The largest absolute Gasteiger partial charge is 0.546 e. The average molecular weight is 255 g/mol. The predicted molar refractivity (Wildman–Crippen MR) is 49.8 cm³/mol. The second kappa shape index (κ2) is 4.68. The van der Waals surface area contributed by atoms with Crippen LogP contribution in [-0.2, 0) is 4.79 Å². The third kappa shape index (κ3) is 2.90. The first-order valence-electron chi connectivity index (χ1n) is 3.35. The van der Waals surface area contributed by atoms with Crippen molar-refractivity contribution in [2.45, 2.75) is 0 Å². The molecule has 0 spiro atoms. The zero-order valence-electron chi connectivity index (χ0n) is 6.59. The van der Waals surface area contributed by atoms with Gasteiger partial charge in [-0.15, -0.1) is 0 Å². The van der Waals surface area contributed by atoms with Crippen LogP contribution in [0.25, 0.3) is 0 Å². The molecule has 1 aromatic heterocycles. The molecule has 0 N–H and O–H groups in total. The molecule has 76 valence electrons. The van der Waals surface area contributed by atoms with Crippen molar-refractivity contribution in [1.29, 1.82) is 0 Å². The van der Waals surface area contributed by atoms with Crippen LogP contribution in [0.2, 0.25) is 15.2 Å². The fourth-order valence-electron chi connectivity index (χ4n) is 0.657. The average Bonchev–Trinajstić information content (AvgIpc) is 2.09. The van der Waals surface area contributed by atoms with Crippen LogP contribution in [0.1, 0.15) is 0 Å². The molecule has 0 aliphatic carbocycles. The molecule has 0 atom stereocenters. The molecule has 4 nitrogen and oxygen atoms in total. The number of aliphatic carboxylic acids is 1. The summed E-state index contributed by atoms with van der Waals surface area (Å²) < 4.78 is 4.69. The van der Waals surface area contributed by atoms with E-state index in [-0.39, 0.29) is 21.1 Å². The minimum Gasteiger partial charge on any atom is -0.546 e. The van der Waals surface area contributed by atoms with Gasteiger partial charge in [-0.05, 0) is 6.07 Å². The molecule has 0 radical (unpaired) electrons. The van der Waals surface area contributed by atoms with Crippen LogP contribution < -0.4 is 9.84 Å². The van der Waals surface area contributed by atoms with Gasteiger partial charge in [0.1, 0.15) is 11.6 Å². The Bertz CT molecular complexity index is 369. The first-order chi connectivity index (χ1) is 6.50. The third-order valence-electron chi connectivity index (χ3n) is 1.18. The van der Waals surface area contributed by atoms with Gasteiger partial charge in [-0.3, -0.25) is 0 Å². The van der Waals surface area contributed by atoms with Gasteiger partial charge in [0.25, 0.3) is 0 Å². The number of nitrogens with zero attached hydrogens (tertiary/aromatic N) is 1. The lowest BCUT2D eigenvalue weighted by molar-refractivity contribution is -0.307. The summed E-state index contributed by atoms with van der Waals surface area (Å²) >= 11 is 16.8. The first-order valence-corrected chi connectivity index (χ1v) is 4.48. The molecule has 7 heteroatoms. The molecule has 0 aliphatic rings. The Balaban J connectivity index is 2.87. The van der Waals surface area contributed by atoms with E-state index in [1.807, 2.05) is 0 Å².